The molecule has 2 nitrogen and oxygen atoms in total. The predicted octanol–water partition coefficient (Wildman–Crippen LogP) is 4.08. The van der Waals surface area contributed by atoms with Crippen LogP contribution in [0.25, 0.3) is 0 Å². The lowest BCUT2D eigenvalue weighted by Crippen LogP contribution is -2.23. The highest BCUT2D eigenvalue weighted by molar-refractivity contribution is 9.10. The topological polar surface area (TPSA) is 29.1 Å². The molecule has 0 aliphatic carbocycles. The smallest absolute Gasteiger partial charge is 0.238 e. The Morgan fingerprint density at radius 1 is 1.50 bits per heavy atom. The summed E-state index contributed by atoms with van der Waals surface area (Å²) in [7, 11) is 0. The maximum atomic E-state index is 12.9. The minimum Gasteiger partial charge on any atom is -0.325 e. The van der Waals surface area contributed by atoms with E-state index in [9.17, 15) is 9.18 Å². The number of amides is 1. The van der Waals surface area contributed by atoms with Crippen LogP contribution in [0.4, 0.5) is 10.1 Å². The SMILES string of the molecule is O=C(Nc1ccc(F)c(Br)c1)C(Br)CCBr. The summed E-state index contributed by atoms with van der Waals surface area (Å²) < 4.78 is 13.3. The number of hydrogen-bond acceptors (Lipinski definition) is 1. The third-order valence-corrected chi connectivity index (χ3v) is 3.77. The molecule has 0 aliphatic rings. The van der Waals surface area contributed by atoms with Gasteiger partial charge in [-0.2, -0.15) is 0 Å². The molecule has 0 aliphatic heterocycles. The van der Waals surface area contributed by atoms with Gasteiger partial charge in [0.25, 0.3) is 0 Å². The number of carbonyl (C=O) groups excluding carboxylic acids is 1. The lowest BCUT2D eigenvalue weighted by molar-refractivity contribution is -0.115. The molecule has 0 fully saturated rings. The average Bonchev–Trinajstić information content (AvgIpc) is 2.24. The van der Waals surface area contributed by atoms with Gasteiger partial charge in [0.05, 0.1) is 9.30 Å². The maximum Gasteiger partial charge on any atom is 0.238 e. The van der Waals surface area contributed by atoms with E-state index in [0.717, 1.165) is 5.33 Å². The fourth-order valence-corrected chi connectivity index (χ4v) is 2.82. The highest BCUT2D eigenvalue weighted by Crippen LogP contribution is 2.20. The monoisotopic (exact) mass is 415 g/mol. The second-order valence-electron chi connectivity index (χ2n) is 3.06. The molecule has 0 spiro atoms. The van der Waals surface area contributed by atoms with Gasteiger partial charge in [-0.1, -0.05) is 31.9 Å². The van der Waals surface area contributed by atoms with Gasteiger partial charge in [-0.3, -0.25) is 4.79 Å². The molecule has 1 rings (SSSR count). The minimum absolute atomic E-state index is 0.141. The quantitative estimate of drug-likeness (QED) is 0.735. The number of nitrogens with one attached hydrogen (secondary N) is 1. The first-order chi connectivity index (χ1) is 7.54. The summed E-state index contributed by atoms with van der Waals surface area (Å²) in [5.41, 5.74) is 0.567. The fourth-order valence-electron chi connectivity index (χ4n) is 1.02. The van der Waals surface area contributed by atoms with Crippen molar-refractivity contribution >= 4 is 59.4 Å². The van der Waals surface area contributed by atoms with Crippen LogP contribution in [0.15, 0.2) is 22.7 Å². The summed E-state index contributed by atoms with van der Waals surface area (Å²) in [4.78, 5) is 11.4. The summed E-state index contributed by atoms with van der Waals surface area (Å²) in [6, 6.07) is 4.35. The van der Waals surface area contributed by atoms with Gasteiger partial charge in [-0.05, 0) is 40.5 Å². The van der Waals surface area contributed by atoms with Crippen molar-refractivity contribution < 1.29 is 9.18 Å². The zero-order valence-electron chi connectivity index (χ0n) is 8.14. The van der Waals surface area contributed by atoms with E-state index in [1.54, 1.807) is 0 Å². The Morgan fingerprint density at radius 3 is 2.75 bits per heavy atom. The molecular formula is C10H9Br3FNO. The predicted molar refractivity (Wildman–Crippen MR) is 73.9 cm³/mol. The van der Waals surface area contributed by atoms with E-state index in [4.69, 9.17) is 0 Å². The summed E-state index contributed by atoms with van der Waals surface area (Å²) in [5, 5.41) is 3.43. The van der Waals surface area contributed by atoms with Crippen LogP contribution >= 0.6 is 47.8 Å². The molecule has 0 radical (unpaired) electrons. The van der Waals surface area contributed by atoms with Crippen molar-refractivity contribution in [2.45, 2.75) is 11.2 Å². The lowest BCUT2D eigenvalue weighted by atomic mass is 10.3. The van der Waals surface area contributed by atoms with Crippen LogP contribution in [-0.2, 0) is 4.79 Å². The minimum atomic E-state index is -0.353. The number of hydrogen-bond donors (Lipinski definition) is 1. The Labute approximate surface area is 118 Å². The first-order valence-corrected chi connectivity index (χ1v) is 7.33. The lowest BCUT2D eigenvalue weighted by Gasteiger charge is -2.09. The van der Waals surface area contributed by atoms with Crippen molar-refractivity contribution in [3.63, 3.8) is 0 Å². The summed E-state index contributed by atoms with van der Waals surface area (Å²) in [6.45, 7) is 0. The van der Waals surface area contributed by atoms with Crippen LogP contribution in [0.3, 0.4) is 0 Å². The summed E-state index contributed by atoms with van der Waals surface area (Å²) >= 11 is 9.58. The molecule has 0 saturated carbocycles. The number of alkyl halides is 2. The molecule has 0 heterocycles. The Bertz CT molecular complexity index is 386. The summed E-state index contributed by atoms with van der Waals surface area (Å²) in [5.74, 6) is -0.494. The zero-order chi connectivity index (χ0) is 12.1. The van der Waals surface area contributed by atoms with Gasteiger partial charge in [0.2, 0.25) is 5.91 Å². The fraction of sp³-hybridized carbons (Fsp3) is 0.300. The third-order valence-electron chi connectivity index (χ3n) is 1.83. The normalized spacial score (nSPS) is 12.2. The van der Waals surface area contributed by atoms with E-state index >= 15 is 0 Å². The number of anilines is 1. The van der Waals surface area contributed by atoms with Gasteiger partial charge in [-0.15, -0.1) is 0 Å². The van der Waals surface area contributed by atoms with Crippen LogP contribution in [-0.4, -0.2) is 16.1 Å². The molecule has 1 aromatic rings. The van der Waals surface area contributed by atoms with Crippen molar-refractivity contribution in [3.8, 4) is 0 Å². The van der Waals surface area contributed by atoms with Crippen LogP contribution < -0.4 is 5.32 Å². The van der Waals surface area contributed by atoms with Crippen molar-refractivity contribution in [2.24, 2.45) is 0 Å². The molecule has 16 heavy (non-hydrogen) atoms. The van der Waals surface area contributed by atoms with Gasteiger partial charge in [0.15, 0.2) is 0 Å². The second kappa shape index (κ2) is 6.71. The van der Waals surface area contributed by atoms with Gasteiger partial charge < -0.3 is 5.32 Å². The molecule has 1 unspecified atom stereocenters. The van der Waals surface area contributed by atoms with Crippen LogP contribution in [0.2, 0.25) is 0 Å². The van der Waals surface area contributed by atoms with Crippen molar-refractivity contribution in [2.75, 3.05) is 10.6 Å². The molecule has 1 amide bonds. The van der Waals surface area contributed by atoms with Crippen molar-refractivity contribution in [1.29, 1.82) is 0 Å². The molecule has 0 bridgehead atoms. The first kappa shape index (κ1) is 14.1. The molecule has 6 heteroatoms. The molecular weight excluding hydrogens is 409 g/mol. The Balaban J connectivity index is 2.66. The van der Waals surface area contributed by atoms with Gasteiger partial charge >= 0.3 is 0 Å². The van der Waals surface area contributed by atoms with Crippen LogP contribution in [0.5, 0.6) is 0 Å². The van der Waals surface area contributed by atoms with Gasteiger partial charge in [0, 0.05) is 11.0 Å². The third kappa shape index (κ3) is 4.14. The van der Waals surface area contributed by atoms with E-state index in [1.807, 2.05) is 0 Å². The van der Waals surface area contributed by atoms with Crippen LogP contribution in [0.1, 0.15) is 6.42 Å². The number of carbonyl (C=O) groups is 1. The standard InChI is InChI=1S/C10H9Br3FNO/c11-4-3-7(12)10(16)15-6-1-2-9(14)8(13)5-6/h1-2,5,7H,3-4H2,(H,15,16). The zero-order valence-corrected chi connectivity index (χ0v) is 12.9. The van der Waals surface area contributed by atoms with Gasteiger partial charge in [-0.25, -0.2) is 4.39 Å². The number of halogens is 4. The number of benzene rings is 1. The molecule has 1 N–H and O–H groups in total. The highest BCUT2D eigenvalue weighted by Gasteiger charge is 2.14. The molecule has 1 atom stereocenters. The first-order valence-electron chi connectivity index (χ1n) is 4.50. The van der Waals surface area contributed by atoms with E-state index in [0.29, 0.717) is 16.6 Å². The van der Waals surface area contributed by atoms with Crippen molar-refractivity contribution in [1.82, 2.24) is 0 Å². The van der Waals surface area contributed by atoms with E-state index < -0.39 is 0 Å². The van der Waals surface area contributed by atoms with E-state index in [-0.39, 0.29) is 16.6 Å². The summed E-state index contributed by atoms with van der Waals surface area (Å²) in [6.07, 6.45) is 0.689. The van der Waals surface area contributed by atoms with Crippen LogP contribution in [0, 0.1) is 5.82 Å². The Kier molecular flexibility index (Phi) is 5.92. The Morgan fingerprint density at radius 2 is 2.19 bits per heavy atom. The van der Waals surface area contributed by atoms with Crippen molar-refractivity contribution in [3.05, 3.63) is 28.5 Å². The number of rotatable bonds is 4. The van der Waals surface area contributed by atoms with Gasteiger partial charge in [0.1, 0.15) is 5.82 Å². The largest absolute Gasteiger partial charge is 0.325 e. The molecule has 0 aromatic heterocycles. The molecule has 0 saturated heterocycles. The molecule has 1 aromatic carbocycles. The average molecular weight is 418 g/mol. The van der Waals surface area contributed by atoms with E-state index in [2.05, 4.69) is 53.1 Å². The maximum absolute atomic E-state index is 12.9. The highest BCUT2D eigenvalue weighted by atomic mass is 79.9. The van der Waals surface area contributed by atoms with E-state index in [1.165, 1.54) is 18.2 Å². The Hall–Kier alpha value is 0.0600. The second-order valence-corrected chi connectivity index (χ2v) is 5.82. The molecule has 88 valence electrons.